The summed E-state index contributed by atoms with van der Waals surface area (Å²) in [5, 5.41) is 5.51. The van der Waals surface area contributed by atoms with Crippen molar-refractivity contribution in [2.75, 3.05) is 19.7 Å². The Balaban J connectivity index is 1.63. The van der Waals surface area contributed by atoms with Crippen molar-refractivity contribution in [3.63, 3.8) is 0 Å². The minimum atomic E-state index is 0.265. The SMILES string of the molecule is C[C@H](OCCC1CCNCC1)c1cccs1. The third-order valence-electron chi connectivity index (χ3n) is 3.30. The maximum Gasteiger partial charge on any atom is 0.0888 e. The average molecular weight is 239 g/mol. The number of nitrogens with one attached hydrogen (secondary N) is 1. The van der Waals surface area contributed by atoms with Crippen molar-refractivity contribution in [1.29, 1.82) is 0 Å². The molecule has 1 atom stereocenters. The Morgan fingerprint density at radius 3 is 3.00 bits per heavy atom. The maximum atomic E-state index is 5.88. The lowest BCUT2D eigenvalue weighted by molar-refractivity contribution is 0.0555. The predicted molar refractivity (Wildman–Crippen MR) is 68.9 cm³/mol. The molecule has 0 unspecified atom stereocenters. The van der Waals surface area contributed by atoms with E-state index in [2.05, 4.69) is 29.8 Å². The van der Waals surface area contributed by atoms with E-state index >= 15 is 0 Å². The highest BCUT2D eigenvalue weighted by molar-refractivity contribution is 7.10. The molecule has 0 saturated carbocycles. The largest absolute Gasteiger partial charge is 0.373 e. The van der Waals surface area contributed by atoms with Gasteiger partial charge in [-0.1, -0.05) is 6.07 Å². The lowest BCUT2D eigenvalue weighted by atomic mass is 9.95. The first kappa shape index (κ1) is 12.1. The summed E-state index contributed by atoms with van der Waals surface area (Å²) in [6, 6.07) is 4.24. The molecule has 2 heterocycles. The van der Waals surface area contributed by atoms with Crippen LogP contribution in [0.5, 0.6) is 0 Å². The van der Waals surface area contributed by atoms with Crippen LogP contribution in [0.2, 0.25) is 0 Å². The van der Waals surface area contributed by atoms with E-state index in [9.17, 15) is 0 Å². The zero-order chi connectivity index (χ0) is 11.2. The van der Waals surface area contributed by atoms with E-state index in [0.29, 0.717) is 0 Å². The number of hydrogen-bond donors (Lipinski definition) is 1. The second kappa shape index (κ2) is 6.38. The average Bonchev–Trinajstić information content (AvgIpc) is 2.84. The molecule has 90 valence electrons. The van der Waals surface area contributed by atoms with E-state index in [1.165, 1.54) is 37.2 Å². The van der Waals surface area contributed by atoms with Gasteiger partial charge in [0, 0.05) is 11.5 Å². The summed E-state index contributed by atoms with van der Waals surface area (Å²) in [5.74, 6) is 0.872. The van der Waals surface area contributed by atoms with Gasteiger partial charge in [0.25, 0.3) is 0 Å². The summed E-state index contributed by atoms with van der Waals surface area (Å²) in [6.07, 6.45) is 4.12. The molecule has 2 rings (SSSR count). The Kier molecular flexibility index (Phi) is 4.82. The van der Waals surface area contributed by atoms with Crippen molar-refractivity contribution >= 4 is 11.3 Å². The van der Waals surface area contributed by atoms with Crippen LogP contribution in [-0.2, 0) is 4.74 Å². The topological polar surface area (TPSA) is 21.3 Å². The van der Waals surface area contributed by atoms with Crippen molar-refractivity contribution in [2.24, 2.45) is 5.92 Å². The van der Waals surface area contributed by atoms with E-state index in [0.717, 1.165) is 12.5 Å². The monoisotopic (exact) mass is 239 g/mol. The van der Waals surface area contributed by atoms with Gasteiger partial charge < -0.3 is 10.1 Å². The molecule has 1 aromatic heterocycles. The predicted octanol–water partition coefficient (Wildman–Crippen LogP) is 3.22. The van der Waals surface area contributed by atoms with Crippen LogP contribution in [-0.4, -0.2) is 19.7 Å². The normalized spacial score (nSPS) is 19.8. The number of hydrogen-bond acceptors (Lipinski definition) is 3. The van der Waals surface area contributed by atoms with Gasteiger partial charge in [-0.15, -0.1) is 11.3 Å². The smallest absolute Gasteiger partial charge is 0.0888 e. The van der Waals surface area contributed by atoms with Gasteiger partial charge in [-0.05, 0) is 56.6 Å². The molecule has 0 bridgehead atoms. The summed E-state index contributed by atoms with van der Waals surface area (Å²) < 4.78 is 5.88. The zero-order valence-corrected chi connectivity index (χ0v) is 10.8. The highest BCUT2D eigenvalue weighted by Crippen LogP contribution is 2.23. The van der Waals surface area contributed by atoms with Gasteiger partial charge in [0.15, 0.2) is 0 Å². The van der Waals surface area contributed by atoms with E-state index < -0.39 is 0 Å². The molecular weight excluding hydrogens is 218 g/mol. The zero-order valence-electron chi connectivity index (χ0n) is 9.95. The van der Waals surface area contributed by atoms with E-state index in [-0.39, 0.29) is 6.10 Å². The maximum absolute atomic E-state index is 5.88. The number of ether oxygens (including phenoxy) is 1. The Morgan fingerprint density at radius 2 is 2.31 bits per heavy atom. The summed E-state index contributed by atoms with van der Waals surface area (Å²) in [4.78, 5) is 1.34. The Morgan fingerprint density at radius 1 is 1.50 bits per heavy atom. The van der Waals surface area contributed by atoms with Gasteiger partial charge >= 0.3 is 0 Å². The molecule has 1 N–H and O–H groups in total. The molecule has 16 heavy (non-hydrogen) atoms. The van der Waals surface area contributed by atoms with Gasteiger partial charge in [-0.2, -0.15) is 0 Å². The molecule has 0 spiro atoms. The van der Waals surface area contributed by atoms with Crippen LogP contribution in [0.1, 0.15) is 37.2 Å². The fourth-order valence-electron chi connectivity index (χ4n) is 2.19. The number of piperidine rings is 1. The Bertz CT molecular complexity index is 280. The van der Waals surface area contributed by atoms with Crippen molar-refractivity contribution in [1.82, 2.24) is 5.32 Å². The Hall–Kier alpha value is -0.380. The first-order chi connectivity index (χ1) is 7.86. The third-order valence-corrected chi connectivity index (χ3v) is 4.33. The van der Waals surface area contributed by atoms with Crippen LogP contribution in [0.3, 0.4) is 0 Å². The molecule has 0 amide bonds. The molecular formula is C13H21NOS. The van der Waals surface area contributed by atoms with Gasteiger partial charge in [0.1, 0.15) is 0 Å². The first-order valence-electron chi connectivity index (χ1n) is 6.22. The lowest BCUT2D eigenvalue weighted by Crippen LogP contribution is -2.28. The molecule has 0 aliphatic carbocycles. The fourth-order valence-corrected chi connectivity index (χ4v) is 2.92. The van der Waals surface area contributed by atoms with E-state index in [4.69, 9.17) is 4.74 Å². The fraction of sp³-hybridized carbons (Fsp3) is 0.692. The van der Waals surface area contributed by atoms with E-state index in [1.807, 2.05) is 0 Å². The molecule has 1 saturated heterocycles. The van der Waals surface area contributed by atoms with Crippen molar-refractivity contribution in [3.8, 4) is 0 Å². The standard InChI is InChI=1S/C13H21NOS/c1-11(13-3-2-10-16-13)15-9-6-12-4-7-14-8-5-12/h2-3,10-12,14H,4-9H2,1H3/t11-/m0/s1. The highest BCUT2D eigenvalue weighted by Gasteiger charge is 2.13. The molecule has 0 radical (unpaired) electrons. The Labute approximate surface area is 102 Å². The van der Waals surface area contributed by atoms with Gasteiger partial charge in [0.05, 0.1) is 6.10 Å². The summed E-state index contributed by atoms with van der Waals surface area (Å²) in [5.41, 5.74) is 0. The quantitative estimate of drug-likeness (QED) is 0.852. The minimum Gasteiger partial charge on any atom is -0.373 e. The second-order valence-corrected chi connectivity index (χ2v) is 5.49. The summed E-state index contributed by atoms with van der Waals surface area (Å²) in [6.45, 7) is 5.42. The van der Waals surface area contributed by atoms with Crippen molar-refractivity contribution in [2.45, 2.75) is 32.3 Å². The second-order valence-electron chi connectivity index (χ2n) is 4.51. The van der Waals surface area contributed by atoms with Gasteiger partial charge in [-0.25, -0.2) is 0 Å². The molecule has 3 heteroatoms. The molecule has 1 aliphatic heterocycles. The minimum absolute atomic E-state index is 0.265. The van der Waals surface area contributed by atoms with Crippen molar-refractivity contribution in [3.05, 3.63) is 22.4 Å². The lowest BCUT2D eigenvalue weighted by Gasteiger charge is -2.23. The van der Waals surface area contributed by atoms with Gasteiger partial charge in [0.2, 0.25) is 0 Å². The molecule has 1 fully saturated rings. The summed E-state index contributed by atoms with van der Waals surface area (Å²) in [7, 11) is 0. The highest BCUT2D eigenvalue weighted by atomic mass is 32.1. The number of rotatable bonds is 5. The molecule has 2 nitrogen and oxygen atoms in total. The molecule has 1 aromatic rings. The summed E-state index contributed by atoms with van der Waals surface area (Å²) >= 11 is 1.78. The van der Waals surface area contributed by atoms with Crippen molar-refractivity contribution < 1.29 is 4.74 Å². The van der Waals surface area contributed by atoms with Crippen LogP contribution in [0.25, 0.3) is 0 Å². The van der Waals surface area contributed by atoms with Crippen LogP contribution in [0.4, 0.5) is 0 Å². The first-order valence-corrected chi connectivity index (χ1v) is 7.10. The number of thiophene rings is 1. The van der Waals surface area contributed by atoms with Gasteiger partial charge in [-0.3, -0.25) is 0 Å². The molecule has 0 aromatic carbocycles. The van der Waals surface area contributed by atoms with Crippen LogP contribution < -0.4 is 5.32 Å². The van der Waals surface area contributed by atoms with Crippen LogP contribution >= 0.6 is 11.3 Å². The van der Waals surface area contributed by atoms with Crippen LogP contribution in [0, 0.1) is 5.92 Å². The molecule has 1 aliphatic rings. The van der Waals surface area contributed by atoms with E-state index in [1.54, 1.807) is 11.3 Å². The van der Waals surface area contributed by atoms with Crippen LogP contribution in [0.15, 0.2) is 17.5 Å². The third kappa shape index (κ3) is 3.58.